The number of alkyl halides is 3. The van der Waals surface area contributed by atoms with Crippen LogP contribution in [-0.4, -0.2) is 42.3 Å². The van der Waals surface area contributed by atoms with Gasteiger partial charge >= 0.3 is 6.18 Å². The predicted molar refractivity (Wildman–Crippen MR) is 77.6 cm³/mol. The summed E-state index contributed by atoms with van der Waals surface area (Å²) < 4.78 is 43.8. The second kappa shape index (κ2) is 5.39. The zero-order valence-electron chi connectivity index (χ0n) is 12.9. The minimum absolute atomic E-state index is 0.00727. The van der Waals surface area contributed by atoms with Crippen molar-refractivity contribution in [1.82, 2.24) is 15.1 Å². The predicted octanol–water partition coefficient (Wildman–Crippen LogP) is 2.46. The van der Waals surface area contributed by atoms with Crippen molar-refractivity contribution in [3.63, 3.8) is 0 Å². The molecule has 0 unspecified atom stereocenters. The highest BCUT2D eigenvalue weighted by Gasteiger charge is 2.36. The monoisotopic (exact) mass is 327 g/mol. The first kappa shape index (κ1) is 15.6. The molecule has 23 heavy (non-hydrogen) atoms. The van der Waals surface area contributed by atoms with Gasteiger partial charge in [-0.1, -0.05) is 0 Å². The lowest BCUT2D eigenvalue weighted by molar-refractivity contribution is -0.137. The number of hydrogen-bond donors (Lipinski definition) is 0. The molecule has 0 aliphatic carbocycles. The van der Waals surface area contributed by atoms with Crippen LogP contribution in [0.2, 0.25) is 0 Å². The van der Waals surface area contributed by atoms with E-state index in [2.05, 4.69) is 15.1 Å². The number of aryl methyl sites for hydroxylation is 1. The van der Waals surface area contributed by atoms with Crippen molar-refractivity contribution in [2.75, 3.05) is 37.0 Å². The Morgan fingerprint density at radius 2 is 1.91 bits per heavy atom. The molecule has 1 aliphatic rings. The van der Waals surface area contributed by atoms with E-state index in [-0.39, 0.29) is 5.92 Å². The Morgan fingerprint density at radius 3 is 2.48 bits per heavy atom. The van der Waals surface area contributed by atoms with Crippen molar-refractivity contribution in [3.8, 4) is 0 Å². The van der Waals surface area contributed by atoms with E-state index in [1.54, 1.807) is 30.8 Å². The van der Waals surface area contributed by atoms with Crippen LogP contribution in [0.4, 0.5) is 24.9 Å². The second-order valence-electron chi connectivity index (χ2n) is 5.78. The largest absolute Gasteiger partial charge is 0.416 e. The van der Waals surface area contributed by atoms with Gasteiger partial charge in [-0.05, 0) is 24.2 Å². The number of hydrogen-bond acceptors (Lipinski definition) is 6. The number of nitrogens with zero attached hydrogens (tertiary/aromatic N) is 5. The molecule has 124 valence electrons. The van der Waals surface area contributed by atoms with Gasteiger partial charge in [0, 0.05) is 32.9 Å². The van der Waals surface area contributed by atoms with Crippen LogP contribution in [-0.2, 0) is 6.18 Å². The highest BCUT2D eigenvalue weighted by atomic mass is 19.4. The summed E-state index contributed by atoms with van der Waals surface area (Å²) in [6, 6.07) is 2.12. The van der Waals surface area contributed by atoms with Gasteiger partial charge in [0.1, 0.15) is 5.82 Å². The van der Waals surface area contributed by atoms with E-state index in [0.29, 0.717) is 36.4 Å². The summed E-state index contributed by atoms with van der Waals surface area (Å²) in [7, 11) is 3.61. The van der Waals surface area contributed by atoms with Gasteiger partial charge < -0.3 is 14.3 Å². The average molecular weight is 327 g/mol. The van der Waals surface area contributed by atoms with Crippen LogP contribution in [0.25, 0.3) is 0 Å². The van der Waals surface area contributed by atoms with Gasteiger partial charge in [-0.25, -0.2) is 4.98 Å². The molecule has 1 saturated heterocycles. The summed E-state index contributed by atoms with van der Waals surface area (Å²) in [6.45, 7) is 2.56. The Labute approximate surface area is 130 Å². The van der Waals surface area contributed by atoms with E-state index in [0.717, 1.165) is 12.1 Å². The average Bonchev–Trinajstić information content (AvgIpc) is 2.85. The van der Waals surface area contributed by atoms with E-state index >= 15 is 0 Å². The third-order valence-corrected chi connectivity index (χ3v) is 3.65. The van der Waals surface area contributed by atoms with Crippen molar-refractivity contribution < 1.29 is 17.7 Å². The Bertz CT molecular complexity index is 707. The lowest BCUT2D eigenvalue weighted by Gasteiger charge is -2.38. The van der Waals surface area contributed by atoms with Crippen molar-refractivity contribution in [2.24, 2.45) is 0 Å². The maximum Gasteiger partial charge on any atom is 0.416 e. The zero-order valence-corrected chi connectivity index (χ0v) is 12.9. The van der Waals surface area contributed by atoms with Gasteiger partial charge in [0.2, 0.25) is 5.89 Å². The Balaban J connectivity index is 1.72. The summed E-state index contributed by atoms with van der Waals surface area (Å²) in [4.78, 5) is 11.9. The lowest BCUT2D eigenvalue weighted by Crippen LogP contribution is -2.45. The first-order chi connectivity index (χ1) is 10.7. The third kappa shape index (κ3) is 3.08. The first-order valence-corrected chi connectivity index (χ1v) is 7.06. The van der Waals surface area contributed by atoms with Crippen LogP contribution in [0.1, 0.15) is 23.1 Å². The molecule has 1 aliphatic heterocycles. The molecule has 0 aromatic carbocycles. The Kier molecular flexibility index (Phi) is 3.65. The van der Waals surface area contributed by atoms with E-state index < -0.39 is 11.7 Å². The summed E-state index contributed by atoms with van der Waals surface area (Å²) in [5.74, 6) is 1.30. The van der Waals surface area contributed by atoms with Gasteiger partial charge in [-0.15, -0.1) is 0 Å². The fraction of sp³-hybridized carbons (Fsp3) is 0.500. The number of pyridine rings is 1. The smallest absolute Gasteiger partial charge is 0.355 e. The summed E-state index contributed by atoms with van der Waals surface area (Å²) in [6.07, 6.45) is -4.38. The molecule has 0 bridgehead atoms. The van der Waals surface area contributed by atoms with Gasteiger partial charge in [-0.3, -0.25) is 0 Å². The Hall–Kier alpha value is -2.32. The SMILES string of the molecule is Cc1cc(C(F)(F)F)cc(N2CC(c3nc(N(C)C)no3)C2)n1. The van der Waals surface area contributed by atoms with Gasteiger partial charge in [0.15, 0.2) is 0 Å². The molecule has 6 nitrogen and oxygen atoms in total. The second-order valence-corrected chi connectivity index (χ2v) is 5.78. The fourth-order valence-corrected chi connectivity index (χ4v) is 2.37. The standard InChI is InChI=1S/C14H16F3N5O/c1-8-4-10(14(15,16)17)5-11(18-8)22-6-9(7-22)12-19-13(20-23-12)21(2)3/h4-5,9H,6-7H2,1-3H3. The van der Waals surface area contributed by atoms with E-state index in [1.165, 1.54) is 0 Å². The van der Waals surface area contributed by atoms with Crippen LogP contribution in [0, 0.1) is 6.92 Å². The van der Waals surface area contributed by atoms with E-state index in [1.807, 2.05) is 0 Å². The Morgan fingerprint density at radius 1 is 1.22 bits per heavy atom. The van der Waals surface area contributed by atoms with Crippen molar-refractivity contribution in [2.45, 2.75) is 19.0 Å². The molecule has 0 amide bonds. The normalized spacial score (nSPS) is 15.7. The molecule has 3 rings (SSSR count). The number of rotatable bonds is 3. The number of aromatic nitrogens is 3. The maximum absolute atomic E-state index is 12.9. The maximum atomic E-state index is 12.9. The minimum Gasteiger partial charge on any atom is -0.355 e. The highest BCUT2D eigenvalue weighted by Crippen LogP contribution is 2.35. The van der Waals surface area contributed by atoms with Crippen molar-refractivity contribution in [1.29, 1.82) is 0 Å². The van der Waals surface area contributed by atoms with Crippen LogP contribution in [0.15, 0.2) is 16.7 Å². The molecule has 3 heterocycles. The molecule has 0 N–H and O–H groups in total. The molecule has 0 radical (unpaired) electrons. The van der Waals surface area contributed by atoms with Gasteiger partial charge in [-0.2, -0.15) is 18.2 Å². The van der Waals surface area contributed by atoms with E-state index in [9.17, 15) is 13.2 Å². The molecule has 2 aromatic heterocycles. The number of halogens is 3. The molecule has 0 atom stereocenters. The summed E-state index contributed by atoms with van der Waals surface area (Å²) in [5, 5.41) is 3.83. The fourth-order valence-electron chi connectivity index (χ4n) is 2.37. The van der Waals surface area contributed by atoms with Crippen LogP contribution in [0.3, 0.4) is 0 Å². The van der Waals surface area contributed by atoms with Crippen LogP contribution in [0.5, 0.6) is 0 Å². The number of anilines is 2. The van der Waals surface area contributed by atoms with Gasteiger partial charge in [0.05, 0.1) is 11.5 Å². The molecule has 9 heteroatoms. The summed E-state index contributed by atoms with van der Waals surface area (Å²) >= 11 is 0. The minimum atomic E-state index is -4.38. The highest BCUT2D eigenvalue weighted by molar-refractivity contribution is 5.47. The zero-order chi connectivity index (χ0) is 16.8. The van der Waals surface area contributed by atoms with Gasteiger partial charge in [0.25, 0.3) is 5.95 Å². The first-order valence-electron chi connectivity index (χ1n) is 7.06. The molecule has 2 aromatic rings. The lowest BCUT2D eigenvalue weighted by atomic mass is 10.00. The topological polar surface area (TPSA) is 58.3 Å². The molecule has 0 spiro atoms. The van der Waals surface area contributed by atoms with Crippen LogP contribution >= 0.6 is 0 Å². The van der Waals surface area contributed by atoms with E-state index in [4.69, 9.17) is 4.52 Å². The molecular weight excluding hydrogens is 311 g/mol. The molecule has 0 saturated carbocycles. The third-order valence-electron chi connectivity index (χ3n) is 3.65. The molecular formula is C14H16F3N5O. The van der Waals surface area contributed by atoms with Crippen LogP contribution < -0.4 is 9.80 Å². The van der Waals surface area contributed by atoms with Crippen molar-refractivity contribution in [3.05, 3.63) is 29.3 Å². The quantitative estimate of drug-likeness (QED) is 0.863. The van der Waals surface area contributed by atoms with Crippen molar-refractivity contribution >= 4 is 11.8 Å². The molecule has 1 fully saturated rings. The summed E-state index contributed by atoms with van der Waals surface area (Å²) in [5.41, 5.74) is -0.345.